The summed E-state index contributed by atoms with van der Waals surface area (Å²) in [6.45, 7) is 0.196. The molecule has 0 unspecified atom stereocenters. The second kappa shape index (κ2) is 7.50. The standard InChI is InChI=1S/C19H13Cl2N3OS/c20-15-7-4-8-16(21)14(15)12-25-22-11-17-18(13-5-2-1-3-6-13)23-19-24(17)9-10-26-19/h1-11H,12H2/b22-11+. The molecule has 0 bridgehead atoms. The zero-order chi connectivity index (χ0) is 17.9. The number of hydrogen-bond acceptors (Lipinski definition) is 4. The Kier molecular flexibility index (Phi) is 4.93. The summed E-state index contributed by atoms with van der Waals surface area (Å²) in [5.74, 6) is 0. The zero-order valence-electron chi connectivity index (χ0n) is 13.5. The van der Waals surface area contributed by atoms with E-state index in [9.17, 15) is 0 Å². The van der Waals surface area contributed by atoms with Crippen LogP contribution in [0, 0.1) is 0 Å². The number of benzene rings is 2. The van der Waals surface area contributed by atoms with E-state index in [1.807, 2.05) is 46.3 Å². The molecular weight excluding hydrogens is 389 g/mol. The van der Waals surface area contributed by atoms with Gasteiger partial charge >= 0.3 is 0 Å². The fraction of sp³-hybridized carbons (Fsp3) is 0.0526. The number of nitrogens with zero attached hydrogens (tertiary/aromatic N) is 3. The molecule has 2 heterocycles. The van der Waals surface area contributed by atoms with Crippen molar-refractivity contribution in [2.45, 2.75) is 6.61 Å². The lowest BCUT2D eigenvalue weighted by Crippen LogP contribution is -1.94. The highest BCUT2D eigenvalue weighted by Crippen LogP contribution is 2.26. The van der Waals surface area contributed by atoms with Gasteiger partial charge in [-0.2, -0.15) is 0 Å². The third kappa shape index (κ3) is 3.33. The molecule has 0 amide bonds. The van der Waals surface area contributed by atoms with Crippen LogP contribution in [0.2, 0.25) is 10.0 Å². The van der Waals surface area contributed by atoms with E-state index in [1.165, 1.54) is 0 Å². The van der Waals surface area contributed by atoms with Crippen molar-refractivity contribution in [1.29, 1.82) is 0 Å². The van der Waals surface area contributed by atoms with Crippen molar-refractivity contribution in [2.75, 3.05) is 0 Å². The van der Waals surface area contributed by atoms with Gasteiger partial charge in [-0.15, -0.1) is 11.3 Å². The van der Waals surface area contributed by atoms with E-state index in [0.717, 1.165) is 21.9 Å². The molecule has 26 heavy (non-hydrogen) atoms. The van der Waals surface area contributed by atoms with E-state index in [2.05, 4.69) is 5.16 Å². The maximum atomic E-state index is 6.15. The van der Waals surface area contributed by atoms with E-state index in [4.69, 9.17) is 33.0 Å². The average molecular weight is 402 g/mol. The Morgan fingerprint density at radius 1 is 1.08 bits per heavy atom. The molecule has 0 saturated heterocycles. The molecule has 2 aromatic heterocycles. The van der Waals surface area contributed by atoms with Gasteiger partial charge in [-0.25, -0.2) is 4.98 Å². The highest BCUT2D eigenvalue weighted by Gasteiger charge is 2.13. The molecule has 4 rings (SSSR count). The Hall–Kier alpha value is -2.34. The first kappa shape index (κ1) is 17.1. The Morgan fingerprint density at radius 3 is 2.62 bits per heavy atom. The average Bonchev–Trinajstić information content (AvgIpc) is 3.23. The molecule has 0 aliphatic rings. The molecule has 2 aromatic carbocycles. The van der Waals surface area contributed by atoms with Gasteiger partial charge < -0.3 is 4.84 Å². The third-order valence-electron chi connectivity index (χ3n) is 3.87. The Balaban J connectivity index is 1.60. The first-order valence-electron chi connectivity index (χ1n) is 7.83. The number of aromatic nitrogens is 2. The number of oxime groups is 1. The topological polar surface area (TPSA) is 38.9 Å². The summed E-state index contributed by atoms with van der Waals surface area (Å²) in [5, 5.41) is 7.21. The predicted molar refractivity (Wildman–Crippen MR) is 107 cm³/mol. The van der Waals surface area contributed by atoms with Gasteiger partial charge in [0.05, 0.1) is 17.6 Å². The molecule has 0 fully saturated rings. The maximum Gasteiger partial charge on any atom is 0.194 e. The quantitative estimate of drug-likeness (QED) is 0.307. The molecular formula is C19H13Cl2N3OS. The van der Waals surface area contributed by atoms with Gasteiger partial charge in [-0.05, 0) is 12.1 Å². The van der Waals surface area contributed by atoms with Crippen LogP contribution in [0.5, 0.6) is 0 Å². The lowest BCUT2D eigenvalue weighted by molar-refractivity contribution is 0.132. The monoisotopic (exact) mass is 401 g/mol. The SMILES string of the molecule is Clc1cccc(Cl)c1CO/N=C/c1c(-c2ccccc2)nc2sccn12. The van der Waals surface area contributed by atoms with Gasteiger partial charge in [0.2, 0.25) is 0 Å². The summed E-state index contributed by atoms with van der Waals surface area (Å²) in [7, 11) is 0. The Bertz CT molecular complexity index is 1050. The van der Waals surface area contributed by atoms with Crippen LogP contribution in [0.3, 0.4) is 0 Å². The van der Waals surface area contributed by atoms with E-state index < -0.39 is 0 Å². The fourth-order valence-electron chi connectivity index (χ4n) is 2.59. The number of imidazole rings is 1. The van der Waals surface area contributed by atoms with Crippen molar-refractivity contribution in [3.05, 3.63) is 81.4 Å². The molecule has 0 atom stereocenters. The lowest BCUT2D eigenvalue weighted by atomic mass is 10.1. The summed E-state index contributed by atoms with van der Waals surface area (Å²) in [6.07, 6.45) is 3.63. The number of hydrogen-bond donors (Lipinski definition) is 0. The molecule has 4 nitrogen and oxygen atoms in total. The second-order valence-corrected chi connectivity index (χ2v) is 7.16. The van der Waals surface area contributed by atoms with Gasteiger partial charge in [0, 0.05) is 32.7 Å². The van der Waals surface area contributed by atoms with Gasteiger partial charge in [0.1, 0.15) is 6.61 Å². The van der Waals surface area contributed by atoms with Crippen LogP contribution in [0.25, 0.3) is 16.2 Å². The molecule has 0 spiro atoms. The minimum Gasteiger partial charge on any atom is -0.391 e. The van der Waals surface area contributed by atoms with Crippen molar-refractivity contribution >= 4 is 45.7 Å². The summed E-state index contributed by atoms with van der Waals surface area (Å²) >= 11 is 13.9. The van der Waals surface area contributed by atoms with E-state index in [-0.39, 0.29) is 6.61 Å². The molecule has 4 aromatic rings. The molecule has 130 valence electrons. The van der Waals surface area contributed by atoms with Crippen molar-refractivity contribution in [3.8, 4) is 11.3 Å². The smallest absolute Gasteiger partial charge is 0.194 e. The van der Waals surface area contributed by atoms with Gasteiger partial charge in [0.25, 0.3) is 0 Å². The van der Waals surface area contributed by atoms with E-state index in [0.29, 0.717) is 15.6 Å². The van der Waals surface area contributed by atoms with Crippen LogP contribution < -0.4 is 0 Å². The minimum atomic E-state index is 0.196. The Morgan fingerprint density at radius 2 is 1.85 bits per heavy atom. The molecule has 0 N–H and O–H groups in total. The van der Waals surface area contributed by atoms with Gasteiger partial charge in [-0.1, -0.05) is 64.8 Å². The summed E-state index contributed by atoms with van der Waals surface area (Å²) in [4.78, 5) is 11.0. The highest BCUT2D eigenvalue weighted by atomic mass is 35.5. The van der Waals surface area contributed by atoms with Crippen molar-refractivity contribution in [2.24, 2.45) is 5.16 Å². The number of rotatable bonds is 5. The van der Waals surface area contributed by atoms with Crippen molar-refractivity contribution in [3.63, 3.8) is 0 Å². The molecule has 0 radical (unpaired) electrons. The Labute approximate surface area is 164 Å². The van der Waals surface area contributed by atoms with Crippen molar-refractivity contribution in [1.82, 2.24) is 9.38 Å². The van der Waals surface area contributed by atoms with Crippen LogP contribution in [-0.2, 0) is 11.4 Å². The van der Waals surface area contributed by atoms with Gasteiger partial charge in [-0.3, -0.25) is 4.40 Å². The van der Waals surface area contributed by atoms with Crippen molar-refractivity contribution < 1.29 is 4.84 Å². The largest absolute Gasteiger partial charge is 0.391 e. The van der Waals surface area contributed by atoms with Crippen LogP contribution in [0.4, 0.5) is 0 Å². The number of thiazole rings is 1. The van der Waals surface area contributed by atoms with E-state index in [1.54, 1.807) is 35.8 Å². The third-order valence-corrected chi connectivity index (χ3v) is 5.33. The fourth-order valence-corrected chi connectivity index (χ4v) is 3.82. The predicted octanol–water partition coefficient (Wildman–Crippen LogP) is 5.92. The molecule has 7 heteroatoms. The summed E-state index contributed by atoms with van der Waals surface area (Å²) in [5.41, 5.74) is 3.46. The summed E-state index contributed by atoms with van der Waals surface area (Å²) in [6, 6.07) is 15.3. The van der Waals surface area contributed by atoms with E-state index >= 15 is 0 Å². The van der Waals surface area contributed by atoms with Gasteiger partial charge in [0.15, 0.2) is 4.96 Å². The number of halogens is 2. The first-order chi connectivity index (χ1) is 12.7. The first-order valence-corrected chi connectivity index (χ1v) is 9.47. The van der Waals surface area contributed by atoms with Crippen LogP contribution in [-0.4, -0.2) is 15.6 Å². The molecule has 0 aliphatic carbocycles. The molecule has 0 saturated carbocycles. The maximum absolute atomic E-state index is 6.15. The summed E-state index contributed by atoms with van der Waals surface area (Å²) < 4.78 is 1.99. The zero-order valence-corrected chi connectivity index (χ0v) is 15.8. The molecule has 0 aliphatic heterocycles. The highest BCUT2D eigenvalue weighted by molar-refractivity contribution is 7.15. The second-order valence-electron chi connectivity index (χ2n) is 5.48. The minimum absolute atomic E-state index is 0.196. The van der Waals surface area contributed by atoms with Crippen LogP contribution in [0.1, 0.15) is 11.3 Å². The lowest BCUT2D eigenvalue weighted by Gasteiger charge is -2.05. The van der Waals surface area contributed by atoms with Crippen LogP contribution in [0.15, 0.2) is 65.3 Å². The number of fused-ring (bicyclic) bond motifs is 1. The normalized spacial score (nSPS) is 11.5. The van der Waals surface area contributed by atoms with Crippen LogP contribution >= 0.6 is 34.5 Å².